The van der Waals surface area contributed by atoms with Crippen LogP contribution in [0.25, 0.3) is 0 Å². The average Bonchev–Trinajstić information content (AvgIpc) is 2.74. The number of rotatable bonds is 8. The Bertz CT molecular complexity index is 885. The zero-order valence-electron chi connectivity index (χ0n) is 17.1. The van der Waals surface area contributed by atoms with Gasteiger partial charge in [-0.25, -0.2) is 0 Å². The first kappa shape index (κ1) is 22.7. The highest BCUT2D eigenvalue weighted by Gasteiger charge is 2.21. The summed E-state index contributed by atoms with van der Waals surface area (Å²) >= 11 is 12.4. The van der Waals surface area contributed by atoms with E-state index < -0.39 is 6.10 Å². The van der Waals surface area contributed by atoms with Crippen LogP contribution in [0.3, 0.4) is 0 Å². The highest BCUT2D eigenvalue weighted by molar-refractivity contribution is 6.35. The van der Waals surface area contributed by atoms with E-state index in [2.05, 4.69) is 9.80 Å². The van der Waals surface area contributed by atoms with E-state index in [9.17, 15) is 9.90 Å². The molecule has 1 atom stereocenters. The van der Waals surface area contributed by atoms with Crippen LogP contribution in [0.15, 0.2) is 36.4 Å². The number of hydrogen-bond donors (Lipinski definition) is 1. The molecule has 1 saturated heterocycles. The van der Waals surface area contributed by atoms with Crippen molar-refractivity contribution in [3.05, 3.63) is 52.0 Å². The third-order valence-corrected chi connectivity index (χ3v) is 5.65. The van der Waals surface area contributed by atoms with Gasteiger partial charge in [-0.2, -0.15) is 0 Å². The maximum Gasteiger partial charge on any atom is 0.161 e. The van der Waals surface area contributed by atoms with Crippen molar-refractivity contribution in [1.82, 2.24) is 4.90 Å². The fraction of sp³-hybridized carbons (Fsp3) is 0.409. The first-order valence-electron chi connectivity index (χ1n) is 9.79. The zero-order chi connectivity index (χ0) is 21.7. The summed E-state index contributed by atoms with van der Waals surface area (Å²) in [5.74, 6) is 0.932. The van der Waals surface area contributed by atoms with Crippen molar-refractivity contribution in [2.24, 2.45) is 0 Å². The molecule has 6 nitrogen and oxygen atoms in total. The van der Waals surface area contributed by atoms with Gasteiger partial charge in [-0.3, -0.25) is 9.69 Å². The number of β-amino-alcohol motifs (C(OH)–C–C–N with tert-alkyl or cyclic N) is 1. The molecule has 2 aromatic rings. The number of anilines is 1. The third-order valence-electron chi connectivity index (χ3n) is 5.09. The fourth-order valence-electron chi connectivity index (χ4n) is 3.44. The molecule has 0 saturated carbocycles. The number of halogens is 2. The van der Waals surface area contributed by atoms with Crippen molar-refractivity contribution in [3.63, 3.8) is 0 Å². The molecule has 0 radical (unpaired) electrons. The number of ketones is 1. The molecule has 0 aliphatic carbocycles. The number of aliphatic hydroxyl groups excluding tert-OH is 1. The second kappa shape index (κ2) is 10.4. The summed E-state index contributed by atoms with van der Waals surface area (Å²) in [6.45, 7) is 5.34. The minimum absolute atomic E-state index is 0.0434. The molecule has 1 fully saturated rings. The van der Waals surface area contributed by atoms with Gasteiger partial charge >= 0.3 is 0 Å². The zero-order valence-corrected chi connectivity index (χ0v) is 18.6. The third kappa shape index (κ3) is 5.79. The number of benzene rings is 2. The number of Topliss-reactive ketones (excluding diaryl/α,β-unsaturated/α-hetero) is 1. The summed E-state index contributed by atoms with van der Waals surface area (Å²) < 4.78 is 11.0. The molecule has 0 bridgehead atoms. The molecule has 8 heteroatoms. The van der Waals surface area contributed by atoms with Crippen molar-refractivity contribution >= 4 is 34.7 Å². The van der Waals surface area contributed by atoms with E-state index in [-0.39, 0.29) is 12.4 Å². The Morgan fingerprint density at radius 2 is 1.83 bits per heavy atom. The van der Waals surface area contributed by atoms with Crippen LogP contribution in [0.5, 0.6) is 11.5 Å². The van der Waals surface area contributed by atoms with Crippen LogP contribution in [0.2, 0.25) is 10.0 Å². The van der Waals surface area contributed by atoms with Crippen molar-refractivity contribution < 1.29 is 19.4 Å². The number of nitrogens with zero attached hydrogens (tertiary/aromatic N) is 2. The summed E-state index contributed by atoms with van der Waals surface area (Å²) in [6.07, 6.45) is -0.650. The highest BCUT2D eigenvalue weighted by Crippen LogP contribution is 2.30. The molecule has 3 rings (SSSR count). The lowest BCUT2D eigenvalue weighted by atomic mass is 10.1. The lowest BCUT2D eigenvalue weighted by Crippen LogP contribution is -2.49. The monoisotopic (exact) mass is 452 g/mol. The maximum absolute atomic E-state index is 11.5. The standard InChI is InChI=1S/C22H26Cl2N2O4/c1-15(27)16-3-6-21(22(11-16)29-2)30-14-18(28)13-25-7-9-26(10-8-25)20-12-17(23)4-5-19(20)24/h3-6,11-12,18,28H,7-10,13-14H2,1-2H3. The van der Waals surface area contributed by atoms with Gasteiger partial charge in [0.15, 0.2) is 17.3 Å². The number of aliphatic hydroxyl groups is 1. The van der Waals surface area contributed by atoms with Gasteiger partial charge in [0.05, 0.1) is 17.8 Å². The van der Waals surface area contributed by atoms with Crippen molar-refractivity contribution in [2.45, 2.75) is 13.0 Å². The Kier molecular flexibility index (Phi) is 7.83. The largest absolute Gasteiger partial charge is 0.493 e. The van der Waals surface area contributed by atoms with Gasteiger partial charge < -0.3 is 19.5 Å². The Hall–Kier alpha value is -1.99. The maximum atomic E-state index is 11.5. The second-order valence-corrected chi connectivity index (χ2v) is 8.11. The average molecular weight is 453 g/mol. The Morgan fingerprint density at radius 3 is 2.50 bits per heavy atom. The van der Waals surface area contributed by atoms with Crippen LogP contribution in [-0.2, 0) is 0 Å². The fourth-order valence-corrected chi connectivity index (χ4v) is 3.85. The minimum atomic E-state index is -0.650. The topological polar surface area (TPSA) is 62.2 Å². The van der Waals surface area contributed by atoms with Crippen LogP contribution < -0.4 is 14.4 Å². The molecular formula is C22H26Cl2N2O4. The number of hydrogen-bond acceptors (Lipinski definition) is 6. The number of methoxy groups -OCH3 is 1. The molecular weight excluding hydrogens is 427 g/mol. The summed E-state index contributed by atoms with van der Waals surface area (Å²) in [5, 5.41) is 11.8. The smallest absolute Gasteiger partial charge is 0.161 e. The van der Waals surface area contributed by atoms with E-state index >= 15 is 0 Å². The van der Waals surface area contributed by atoms with Crippen LogP contribution >= 0.6 is 23.2 Å². The van der Waals surface area contributed by atoms with E-state index in [1.54, 1.807) is 24.3 Å². The quantitative estimate of drug-likeness (QED) is 0.615. The van der Waals surface area contributed by atoms with Gasteiger partial charge in [-0.05, 0) is 43.3 Å². The lowest BCUT2D eigenvalue weighted by molar-refractivity contribution is 0.0653. The number of carbonyl (C=O) groups is 1. The summed E-state index contributed by atoms with van der Waals surface area (Å²) in [6, 6.07) is 10.5. The number of piperazine rings is 1. The van der Waals surface area contributed by atoms with E-state index in [0.717, 1.165) is 31.9 Å². The first-order chi connectivity index (χ1) is 14.4. The van der Waals surface area contributed by atoms with Gasteiger partial charge in [0.1, 0.15) is 12.7 Å². The van der Waals surface area contributed by atoms with Gasteiger partial charge in [0.25, 0.3) is 0 Å². The summed E-state index contributed by atoms with van der Waals surface area (Å²) in [5.41, 5.74) is 1.49. The van der Waals surface area contributed by atoms with Gasteiger partial charge in [-0.15, -0.1) is 0 Å². The van der Waals surface area contributed by atoms with Crippen molar-refractivity contribution in [2.75, 3.05) is 51.3 Å². The van der Waals surface area contributed by atoms with Crippen LogP contribution in [0.1, 0.15) is 17.3 Å². The van der Waals surface area contributed by atoms with Crippen LogP contribution in [-0.4, -0.2) is 68.3 Å². The molecule has 162 valence electrons. The SMILES string of the molecule is COc1cc(C(C)=O)ccc1OCC(O)CN1CCN(c2cc(Cl)ccc2Cl)CC1. The molecule has 1 heterocycles. The van der Waals surface area contributed by atoms with Crippen molar-refractivity contribution in [1.29, 1.82) is 0 Å². The lowest BCUT2D eigenvalue weighted by Gasteiger charge is -2.37. The summed E-state index contributed by atoms with van der Waals surface area (Å²) in [7, 11) is 1.52. The van der Waals surface area contributed by atoms with E-state index in [4.69, 9.17) is 32.7 Å². The molecule has 0 amide bonds. The van der Waals surface area contributed by atoms with Crippen LogP contribution in [0, 0.1) is 0 Å². The molecule has 0 spiro atoms. The molecule has 0 aromatic heterocycles. The highest BCUT2D eigenvalue weighted by atomic mass is 35.5. The minimum Gasteiger partial charge on any atom is -0.493 e. The molecule has 1 unspecified atom stereocenters. The van der Waals surface area contributed by atoms with E-state index in [0.29, 0.717) is 33.7 Å². The molecule has 2 aromatic carbocycles. The predicted molar refractivity (Wildman–Crippen MR) is 120 cm³/mol. The first-order valence-corrected chi connectivity index (χ1v) is 10.5. The van der Waals surface area contributed by atoms with Crippen LogP contribution in [0.4, 0.5) is 5.69 Å². The number of carbonyl (C=O) groups excluding carboxylic acids is 1. The van der Waals surface area contributed by atoms with Gasteiger partial charge in [-0.1, -0.05) is 23.2 Å². The Balaban J connectivity index is 1.49. The summed E-state index contributed by atoms with van der Waals surface area (Å²) in [4.78, 5) is 15.9. The molecule has 1 aliphatic heterocycles. The molecule has 1 aliphatic rings. The normalized spacial score (nSPS) is 15.7. The Labute approximate surface area is 186 Å². The predicted octanol–water partition coefficient (Wildman–Crippen LogP) is 3.77. The number of ether oxygens (including phenoxy) is 2. The van der Waals surface area contributed by atoms with Crippen molar-refractivity contribution in [3.8, 4) is 11.5 Å². The van der Waals surface area contributed by atoms with Gasteiger partial charge in [0, 0.05) is 43.3 Å². The molecule has 1 N–H and O–H groups in total. The van der Waals surface area contributed by atoms with E-state index in [1.165, 1.54) is 14.0 Å². The second-order valence-electron chi connectivity index (χ2n) is 7.27. The van der Waals surface area contributed by atoms with Gasteiger partial charge in [0.2, 0.25) is 0 Å². The molecule has 30 heavy (non-hydrogen) atoms. The Morgan fingerprint density at radius 1 is 1.10 bits per heavy atom. The van der Waals surface area contributed by atoms with E-state index in [1.807, 2.05) is 12.1 Å².